The lowest BCUT2D eigenvalue weighted by atomic mass is 9.90. The van der Waals surface area contributed by atoms with Crippen molar-refractivity contribution in [2.45, 2.75) is 5.92 Å². The number of fused-ring (bicyclic) bond motifs is 2. The van der Waals surface area contributed by atoms with Crippen LogP contribution in [0.25, 0.3) is 32.2 Å². The SMILES string of the molecule is COc1ccc(-c2csc3ncnc(NC[C@H](c4ccc(OC)cc4)c4c[nH]c5ccccc45)c23)cc1. The Hall–Kier alpha value is -4.36. The number of hydrogen-bond acceptors (Lipinski definition) is 6. The molecule has 0 aliphatic carbocycles. The van der Waals surface area contributed by atoms with Gasteiger partial charge in [0.15, 0.2) is 0 Å². The van der Waals surface area contributed by atoms with Crippen molar-refractivity contribution >= 4 is 38.3 Å². The first-order valence-corrected chi connectivity index (χ1v) is 12.9. The quantitative estimate of drug-likeness (QED) is 0.230. The molecule has 0 saturated carbocycles. The van der Waals surface area contributed by atoms with E-state index in [9.17, 15) is 0 Å². The first kappa shape index (κ1) is 23.1. The molecule has 6 rings (SSSR count). The standard InChI is InChI=1S/C30H26N4O2S/c1-35-21-11-7-19(8-12-21)24(25-16-31-27-6-4-3-5-23(25)27)15-32-29-28-26(17-37-30(28)34-18-33-29)20-9-13-22(36-2)14-10-20/h3-14,16-18,24,31H,15H2,1-2H3,(H,32,33,34)/t24-/m1/s1. The number of hydrogen-bond donors (Lipinski definition) is 2. The maximum Gasteiger partial charge on any atom is 0.138 e. The Balaban J connectivity index is 1.38. The fourth-order valence-corrected chi connectivity index (χ4v) is 5.73. The van der Waals surface area contributed by atoms with E-state index in [1.54, 1.807) is 31.9 Å². The molecule has 0 bridgehead atoms. The van der Waals surface area contributed by atoms with Gasteiger partial charge in [0.2, 0.25) is 0 Å². The number of ether oxygens (including phenoxy) is 2. The fraction of sp³-hybridized carbons (Fsp3) is 0.133. The molecule has 1 atom stereocenters. The predicted octanol–water partition coefficient (Wildman–Crippen LogP) is 7.10. The van der Waals surface area contributed by atoms with Gasteiger partial charge in [0.1, 0.15) is 28.5 Å². The summed E-state index contributed by atoms with van der Waals surface area (Å²) in [7, 11) is 3.37. The monoisotopic (exact) mass is 506 g/mol. The van der Waals surface area contributed by atoms with E-state index in [1.165, 1.54) is 16.5 Å². The maximum absolute atomic E-state index is 5.40. The second kappa shape index (κ2) is 9.95. The van der Waals surface area contributed by atoms with Crippen LogP contribution in [0.2, 0.25) is 0 Å². The number of anilines is 1. The van der Waals surface area contributed by atoms with Crippen LogP contribution >= 0.6 is 11.3 Å². The average Bonchev–Trinajstić information content (AvgIpc) is 3.59. The van der Waals surface area contributed by atoms with Gasteiger partial charge >= 0.3 is 0 Å². The molecule has 184 valence electrons. The van der Waals surface area contributed by atoms with Gasteiger partial charge in [-0.1, -0.05) is 42.5 Å². The number of aromatic nitrogens is 3. The summed E-state index contributed by atoms with van der Waals surface area (Å²) in [6, 6.07) is 24.8. The van der Waals surface area contributed by atoms with E-state index in [-0.39, 0.29) is 5.92 Å². The van der Waals surface area contributed by atoms with Gasteiger partial charge in [0.25, 0.3) is 0 Å². The van der Waals surface area contributed by atoms with Crippen LogP contribution in [0, 0.1) is 0 Å². The van der Waals surface area contributed by atoms with Crippen molar-refractivity contribution in [1.82, 2.24) is 15.0 Å². The van der Waals surface area contributed by atoms with Crippen LogP contribution in [0.4, 0.5) is 5.82 Å². The third-order valence-corrected chi connectivity index (χ3v) is 7.65. The number of rotatable bonds is 8. The number of methoxy groups -OCH3 is 2. The number of nitrogens with zero attached hydrogens (tertiary/aromatic N) is 2. The highest BCUT2D eigenvalue weighted by molar-refractivity contribution is 7.17. The number of aromatic amines is 1. The zero-order chi connectivity index (χ0) is 25.2. The van der Waals surface area contributed by atoms with E-state index in [0.29, 0.717) is 6.54 Å². The summed E-state index contributed by atoms with van der Waals surface area (Å²) in [4.78, 5) is 13.6. The third-order valence-electron chi connectivity index (χ3n) is 6.76. The van der Waals surface area contributed by atoms with Crippen molar-refractivity contribution in [3.63, 3.8) is 0 Å². The molecule has 7 heteroatoms. The summed E-state index contributed by atoms with van der Waals surface area (Å²) >= 11 is 1.63. The predicted molar refractivity (Wildman–Crippen MR) is 151 cm³/mol. The molecule has 0 fully saturated rings. The summed E-state index contributed by atoms with van der Waals surface area (Å²) in [6.07, 6.45) is 3.75. The number of benzene rings is 3. The summed E-state index contributed by atoms with van der Waals surface area (Å²) < 4.78 is 10.7. The fourth-order valence-electron chi connectivity index (χ4n) is 4.82. The van der Waals surface area contributed by atoms with Crippen molar-refractivity contribution in [3.05, 3.63) is 102 Å². The van der Waals surface area contributed by atoms with Crippen LogP contribution in [0.15, 0.2) is 90.7 Å². The molecule has 0 amide bonds. The summed E-state index contributed by atoms with van der Waals surface area (Å²) in [6.45, 7) is 0.665. The average molecular weight is 507 g/mol. The molecule has 0 saturated heterocycles. The molecule has 0 aliphatic rings. The molecule has 6 nitrogen and oxygen atoms in total. The molecular weight excluding hydrogens is 480 g/mol. The Kier molecular flexibility index (Phi) is 6.20. The number of thiophene rings is 1. The third kappa shape index (κ3) is 4.38. The normalized spacial score (nSPS) is 12.1. The maximum atomic E-state index is 5.40. The van der Waals surface area contributed by atoms with Gasteiger partial charge in [-0.25, -0.2) is 9.97 Å². The molecule has 0 radical (unpaired) electrons. The minimum atomic E-state index is 0.0927. The Morgan fingerprint density at radius 2 is 1.62 bits per heavy atom. The molecule has 37 heavy (non-hydrogen) atoms. The Morgan fingerprint density at radius 3 is 2.38 bits per heavy atom. The highest BCUT2D eigenvalue weighted by Crippen LogP contribution is 2.38. The number of H-pyrrole nitrogens is 1. The molecule has 0 aliphatic heterocycles. The summed E-state index contributed by atoms with van der Waals surface area (Å²) in [5, 5.41) is 8.07. The van der Waals surface area contributed by atoms with Gasteiger partial charge in [-0.15, -0.1) is 11.3 Å². The van der Waals surface area contributed by atoms with Gasteiger partial charge in [0, 0.05) is 40.5 Å². The second-order valence-corrected chi connectivity index (χ2v) is 9.63. The zero-order valence-electron chi connectivity index (χ0n) is 20.6. The first-order chi connectivity index (χ1) is 18.2. The van der Waals surface area contributed by atoms with Gasteiger partial charge in [-0.2, -0.15) is 0 Å². The van der Waals surface area contributed by atoms with E-state index in [4.69, 9.17) is 9.47 Å². The van der Waals surface area contributed by atoms with E-state index < -0.39 is 0 Å². The van der Waals surface area contributed by atoms with Crippen LogP contribution in [-0.2, 0) is 0 Å². The van der Waals surface area contributed by atoms with Crippen molar-refractivity contribution < 1.29 is 9.47 Å². The summed E-state index contributed by atoms with van der Waals surface area (Å²) in [5.74, 6) is 2.60. The highest BCUT2D eigenvalue weighted by atomic mass is 32.1. The molecule has 0 spiro atoms. The lowest BCUT2D eigenvalue weighted by Gasteiger charge is -2.19. The number of para-hydroxylation sites is 1. The molecule has 3 aromatic carbocycles. The Morgan fingerprint density at radius 1 is 0.892 bits per heavy atom. The van der Waals surface area contributed by atoms with Gasteiger partial charge in [0.05, 0.1) is 19.6 Å². The first-order valence-electron chi connectivity index (χ1n) is 12.1. The van der Waals surface area contributed by atoms with Crippen LogP contribution in [0.3, 0.4) is 0 Å². The van der Waals surface area contributed by atoms with Crippen molar-refractivity contribution in [2.24, 2.45) is 0 Å². The Bertz CT molecular complexity index is 1660. The van der Waals surface area contributed by atoms with Crippen molar-refractivity contribution in [3.8, 4) is 22.6 Å². The molecule has 6 aromatic rings. The van der Waals surface area contributed by atoms with E-state index in [0.717, 1.165) is 44.2 Å². The molecular formula is C30H26N4O2S. The smallest absolute Gasteiger partial charge is 0.138 e. The van der Waals surface area contributed by atoms with E-state index >= 15 is 0 Å². The van der Waals surface area contributed by atoms with Gasteiger partial charge in [-0.3, -0.25) is 0 Å². The zero-order valence-corrected chi connectivity index (χ0v) is 21.4. The molecule has 2 N–H and O–H groups in total. The highest BCUT2D eigenvalue weighted by Gasteiger charge is 2.20. The second-order valence-electron chi connectivity index (χ2n) is 8.78. The van der Waals surface area contributed by atoms with Gasteiger partial charge in [-0.05, 0) is 47.0 Å². The van der Waals surface area contributed by atoms with E-state index in [2.05, 4.69) is 80.4 Å². The van der Waals surface area contributed by atoms with Crippen LogP contribution in [0.1, 0.15) is 17.0 Å². The number of nitrogens with one attached hydrogen (secondary N) is 2. The molecule has 3 heterocycles. The van der Waals surface area contributed by atoms with Crippen molar-refractivity contribution in [1.29, 1.82) is 0 Å². The van der Waals surface area contributed by atoms with Crippen molar-refractivity contribution in [2.75, 3.05) is 26.1 Å². The summed E-state index contributed by atoms with van der Waals surface area (Å²) in [5.41, 5.74) is 5.77. The lowest BCUT2D eigenvalue weighted by Crippen LogP contribution is -2.15. The van der Waals surface area contributed by atoms with Gasteiger partial charge < -0.3 is 19.8 Å². The van der Waals surface area contributed by atoms with E-state index in [1.807, 2.05) is 24.3 Å². The van der Waals surface area contributed by atoms with Crippen LogP contribution < -0.4 is 14.8 Å². The molecule has 3 aromatic heterocycles. The lowest BCUT2D eigenvalue weighted by molar-refractivity contribution is 0.414. The minimum absolute atomic E-state index is 0.0927. The minimum Gasteiger partial charge on any atom is -0.497 e. The van der Waals surface area contributed by atoms with Crippen LogP contribution in [0.5, 0.6) is 11.5 Å². The Labute approximate surface area is 218 Å². The van der Waals surface area contributed by atoms with Crippen LogP contribution in [-0.4, -0.2) is 35.7 Å². The molecule has 0 unspecified atom stereocenters. The topological polar surface area (TPSA) is 72.1 Å². The largest absolute Gasteiger partial charge is 0.497 e.